The lowest BCUT2D eigenvalue weighted by Gasteiger charge is -2.15. The SMILES string of the molecule is CCOc1ccc(C2=C(Nc3ccc(C)cc3C)C(=O)N(CCCOC)C2=O)cc1. The Labute approximate surface area is 177 Å². The molecule has 0 aromatic heterocycles. The van der Waals surface area contributed by atoms with Gasteiger partial charge in [0, 0.05) is 25.9 Å². The van der Waals surface area contributed by atoms with Crippen molar-refractivity contribution in [3.05, 3.63) is 64.9 Å². The Hall–Kier alpha value is -3.12. The monoisotopic (exact) mass is 408 g/mol. The van der Waals surface area contributed by atoms with E-state index in [-0.39, 0.29) is 11.8 Å². The Bertz CT molecular complexity index is 964. The van der Waals surface area contributed by atoms with Crippen LogP contribution in [0.5, 0.6) is 5.75 Å². The van der Waals surface area contributed by atoms with Crippen LogP contribution in [0.15, 0.2) is 48.2 Å². The first kappa shape index (κ1) is 21.6. The van der Waals surface area contributed by atoms with Crippen LogP contribution in [0.2, 0.25) is 0 Å². The molecule has 3 rings (SSSR count). The highest BCUT2D eigenvalue weighted by molar-refractivity contribution is 6.36. The van der Waals surface area contributed by atoms with E-state index in [1.54, 1.807) is 7.11 Å². The molecular formula is C24H28N2O4. The number of benzene rings is 2. The van der Waals surface area contributed by atoms with Gasteiger partial charge in [-0.1, -0.05) is 29.8 Å². The summed E-state index contributed by atoms with van der Waals surface area (Å²) in [5, 5.41) is 3.23. The minimum atomic E-state index is -0.319. The van der Waals surface area contributed by atoms with Crippen molar-refractivity contribution < 1.29 is 19.1 Å². The highest BCUT2D eigenvalue weighted by atomic mass is 16.5. The maximum absolute atomic E-state index is 13.2. The summed E-state index contributed by atoms with van der Waals surface area (Å²) in [6, 6.07) is 13.2. The summed E-state index contributed by atoms with van der Waals surface area (Å²) in [4.78, 5) is 27.6. The number of carbonyl (C=O) groups excluding carboxylic acids is 2. The minimum Gasteiger partial charge on any atom is -0.494 e. The number of imide groups is 1. The maximum Gasteiger partial charge on any atom is 0.278 e. The number of hydrogen-bond acceptors (Lipinski definition) is 5. The van der Waals surface area contributed by atoms with Crippen LogP contribution < -0.4 is 10.1 Å². The predicted octanol–water partition coefficient (Wildman–Crippen LogP) is 3.93. The number of aryl methyl sites for hydroxylation is 2. The van der Waals surface area contributed by atoms with E-state index in [9.17, 15) is 9.59 Å². The summed E-state index contributed by atoms with van der Waals surface area (Å²) in [6.07, 6.45) is 0.585. The molecule has 0 radical (unpaired) electrons. The van der Waals surface area contributed by atoms with Gasteiger partial charge in [-0.05, 0) is 56.5 Å². The smallest absolute Gasteiger partial charge is 0.278 e. The second-order valence-corrected chi connectivity index (χ2v) is 7.26. The summed E-state index contributed by atoms with van der Waals surface area (Å²) < 4.78 is 10.6. The number of ether oxygens (including phenoxy) is 2. The standard InChI is InChI=1S/C24H28N2O4/c1-5-30-19-10-8-18(9-11-19)21-22(25-20-12-7-16(2)15-17(20)3)24(28)26(23(21)27)13-6-14-29-4/h7-12,15,25H,5-6,13-14H2,1-4H3. The van der Waals surface area contributed by atoms with Crippen molar-refractivity contribution in [1.82, 2.24) is 4.90 Å². The number of amides is 2. The summed E-state index contributed by atoms with van der Waals surface area (Å²) in [6.45, 7) is 7.26. The van der Waals surface area contributed by atoms with Gasteiger partial charge in [0.1, 0.15) is 11.4 Å². The van der Waals surface area contributed by atoms with E-state index in [0.29, 0.717) is 43.0 Å². The molecule has 30 heavy (non-hydrogen) atoms. The van der Waals surface area contributed by atoms with Crippen LogP contribution in [-0.4, -0.2) is 43.6 Å². The van der Waals surface area contributed by atoms with Gasteiger partial charge in [-0.25, -0.2) is 0 Å². The van der Waals surface area contributed by atoms with Crippen molar-refractivity contribution in [2.45, 2.75) is 27.2 Å². The van der Waals surface area contributed by atoms with E-state index in [0.717, 1.165) is 22.6 Å². The van der Waals surface area contributed by atoms with Crippen LogP contribution in [0, 0.1) is 13.8 Å². The van der Waals surface area contributed by atoms with Crippen LogP contribution in [0.25, 0.3) is 5.57 Å². The van der Waals surface area contributed by atoms with E-state index in [4.69, 9.17) is 9.47 Å². The van der Waals surface area contributed by atoms with Gasteiger partial charge in [-0.15, -0.1) is 0 Å². The first-order valence-electron chi connectivity index (χ1n) is 10.1. The van der Waals surface area contributed by atoms with Gasteiger partial charge in [-0.2, -0.15) is 0 Å². The van der Waals surface area contributed by atoms with E-state index >= 15 is 0 Å². The first-order valence-corrected chi connectivity index (χ1v) is 10.1. The van der Waals surface area contributed by atoms with E-state index in [1.165, 1.54) is 4.90 Å². The van der Waals surface area contributed by atoms with Gasteiger partial charge in [0.25, 0.3) is 11.8 Å². The van der Waals surface area contributed by atoms with E-state index in [2.05, 4.69) is 5.32 Å². The van der Waals surface area contributed by atoms with Gasteiger partial charge in [-0.3, -0.25) is 14.5 Å². The van der Waals surface area contributed by atoms with Crippen molar-refractivity contribution >= 4 is 23.1 Å². The van der Waals surface area contributed by atoms with Gasteiger partial charge < -0.3 is 14.8 Å². The molecule has 0 unspecified atom stereocenters. The molecule has 1 aliphatic heterocycles. The lowest BCUT2D eigenvalue weighted by atomic mass is 10.0. The third kappa shape index (κ3) is 4.54. The number of carbonyl (C=O) groups is 2. The maximum atomic E-state index is 13.2. The zero-order chi connectivity index (χ0) is 21.7. The first-order chi connectivity index (χ1) is 14.5. The molecule has 2 aromatic carbocycles. The van der Waals surface area contributed by atoms with Crippen LogP contribution in [0.4, 0.5) is 5.69 Å². The molecule has 2 aromatic rings. The molecule has 0 bridgehead atoms. The van der Waals surface area contributed by atoms with E-state index < -0.39 is 0 Å². The lowest BCUT2D eigenvalue weighted by Crippen LogP contribution is -2.34. The molecule has 6 nitrogen and oxygen atoms in total. The average Bonchev–Trinajstić information content (AvgIpc) is 2.95. The van der Waals surface area contributed by atoms with Crippen molar-refractivity contribution in [2.75, 3.05) is 32.2 Å². The quantitative estimate of drug-likeness (QED) is 0.503. The summed E-state index contributed by atoms with van der Waals surface area (Å²) in [5.41, 5.74) is 4.30. The highest BCUT2D eigenvalue weighted by Gasteiger charge is 2.39. The number of methoxy groups -OCH3 is 1. The minimum absolute atomic E-state index is 0.299. The lowest BCUT2D eigenvalue weighted by molar-refractivity contribution is -0.136. The van der Waals surface area contributed by atoms with Crippen LogP contribution >= 0.6 is 0 Å². The molecule has 1 aliphatic rings. The number of nitrogens with one attached hydrogen (secondary N) is 1. The third-order valence-electron chi connectivity index (χ3n) is 4.99. The second kappa shape index (κ2) is 9.59. The number of anilines is 1. The molecule has 158 valence electrons. The highest BCUT2D eigenvalue weighted by Crippen LogP contribution is 2.32. The van der Waals surface area contributed by atoms with Crippen LogP contribution in [0.3, 0.4) is 0 Å². The fourth-order valence-electron chi connectivity index (χ4n) is 3.50. The largest absolute Gasteiger partial charge is 0.494 e. The van der Waals surface area contributed by atoms with Crippen molar-refractivity contribution in [3.63, 3.8) is 0 Å². The fourth-order valence-corrected chi connectivity index (χ4v) is 3.50. The molecule has 1 N–H and O–H groups in total. The Morgan fingerprint density at radius 3 is 2.37 bits per heavy atom. The topological polar surface area (TPSA) is 67.9 Å². The summed E-state index contributed by atoms with van der Waals surface area (Å²) >= 11 is 0. The fraction of sp³-hybridized carbons (Fsp3) is 0.333. The average molecular weight is 408 g/mol. The molecule has 2 amide bonds. The molecule has 0 saturated heterocycles. The second-order valence-electron chi connectivity index (χ2n) is 7.26. The number of hydrogen-bond donors (Lipinski definition) is 1. The Balaban J connectivity index is 1.99. The third-order valence-corrected chi connectivity index (χ3v) is 4.99. The Kier molecular flexibility index (Phi) is 6.90. The predicted molar refractivity (Wildman–Crippen MR) is 117 cm³/mol. The van der Waals surface area contributed by atoms with Crippen molar-refractivity contribution in [3.8, 4) is 5.75 Å². The molecule has 0 atom stereocenters. The molecular weight excluding hydrogens is 380 g/mol. The zero-order valence-corrected chi connectivity index (χ0v) is 18.0. The van der Waals surface area contributed by atoms with Gasteiger partial charge in [0.15, 0.2) is 0 Å². The van der Waals surface area contributed by atoms with Crippen molar-refractivity contribution in [2.24, 2.45) is 0 Å². The molecule has 0 aliphatic carbocycles. The molecule has 1 heterocycles. The van der Waals surface area contributed by atoms with Gasteiger partial charge in [0.2, 0.25) is 0 Å². The van der Waals surface area contributed by atoms with E-state index in [1.807, 2.05) is 63.2 Å². The summed E-state index contributed by atoms with van der Waals surface area (Å²) in [7, 11) is 1.60. The Morgan fingerprint density at radius 1 is 1.00 bits per heavy atom. The van der Waals surface area contributed by atoms with Crippen molar-refractivity contribution in [1.29, 1.82) is 0 Å². The van der Waals surface area contributed by atoms with Crippen LogP contribution in [-0.2, 0) is 14.3 Å². The number of rotatable bonds is 9. The molecule has 0 fully saturated rings. The zero-order valence-electron chi connectivity index (χ0n) is 18.0. The molecule has 6 heteroatoms. The number of nitrogens with zero attached hydrogens (tertiary/aromatic N) is 1. The molecule has 0 spiro atoms. The Morgan fingerprint density at radius 2 is 1.73 bits per heavy atom. The van der Waals surface area contributed by atoms with Crippen LogP contribution in [0.1, 0.15) is 30.0 Å². The summed E-state index contributed by atoms with van der Waals surface area (Å²) in [5.74, 6) is 0.104. The van der Waals surface area contributed by atoms with Gasteiger partial charge in [0.05, 0.1) is 12.2 Å². The normalized spacial score (nSPS) is 13.9. The molecule has 0 saturated carbocycles. The van der Waals surface area contributed by atoms with Gasteiger partial charge >= 0.3 is 0 Å².